The standard InChI is InChI=1S/C17H15N3OS2/c21-15(12-22-14-9-5-2-6-10-14)18-17-20-19-16(23-17)11-13-7-3-1-4-8-13/h1-10H,11-12H2,(H,18,20,21). The number of rotatable bonds is 6. The molecule has 1 N–H and O–H groups in total. The van der Waals surface area contributed by atoms with Gasteiger partial charge in [-0.05, 0) is 17.7 Å². The Morgan fingerprint density at radius 3 is 2.43 bits per heavy atom. The van der Waals surface area contributed by atoms with E-state index in [4.69, 9.17) is 0 Å². The summed E-state index contributed by atoms with van der Waals surface area (Å²) in [5.74, 6) is 0.290. The van der Waals surface area contributed by atoms with Crippen molar-refractivity contribution in [2.75, 3.05) is 11.1 Å². The zero-order valence-electron chi connectivity index (χ0n) is 12.3. The van der Waals surface area contributed by atoms with Crippen LogP contribution in [-0.2, 0) is 11.2 Å². The van der Waals surface area contributed by atoms with Gasteiger partial charge in [-0.3, -0.25) is 10.1 Å². The minimum Gasteiger partial charge on any atom is -0.300 e. The number of hydrogen-bond donors (Lipinski definition) is 1. The number of anilines is 1. The molecule has 6 heteroatoms. The molecule has 0 saturated heterocycles. The van der Waals surface area contributed by atoms with E-state index in [1.54, 1.807) is 0 Å². The monoisotopic (exact) mass is 341 g/mol. The highest BCUT2D eigenvalue weighted by Gasteiger charge is 2.09. The van der Waals surface area contributed by atoms with E-state index in [2.05, 4.69) is 27.6 Å². The van der Waals surface area contributed by atoms with Gasteiger partial charge in [0.25, 0.3) is 0 Å². The lowest BCUT2D eigenvalue weighted by Gasteiger charge is -2.01. The zero-order valence-corrected chi connectivity index (χ0v) is 13.9. The van der Waals surface area contributed by atoms with Gasteiger partial charge in [-0.15, -0.1) is 22.0 Å². The van der Waals surface area contributed by atoms with E-state index in [0.717, 1.165) is 16.3 Å². The second-order valence-electron chi connectivity index (χ2n) is 4.81. The van der Waals surface area contributed by atoms with Crippen molar-refractivity contribution in [3.8, 4) is 0 Å². The highest BCUT2D eigenvalue weighted by Crippen LogP contribution is 2.20. The first kappa shape index (κ1) is 15.7. The van der Waals surface area contributed by atoms with Crippen LogP contribution >= 0.6 is 23.1 Å². The Bertz CT molecular complexity index is 760. The quantitative estimate of drug-likeness (QED) is 0.692. The van der Waals surface area contributed by atoms with Crippen LogP contribution in [0, 0.1) is 0 Å². The normalized spacial score (nSPS) is 10.4. The highest BCUT2D eigenvalue weighted by atomic mass is 32.2. The van der Waals surface area contributed by atoms with Crippen molar-refractivity contribution in [3.63, 3.8) is 0 Å². The summed E-state index contributed by atoms with van der Waals surface area (Å²) >= 11 is 2.92. The molecule has 116 valence electrons. The van der Waals surface area contributed by atoms with Crippen LogP contribution in [0.4, 0.5) is 5.13 Å². The number of carbonyl (C=O) groups is 1. The summed E-state index contributed by atoms with van der Waals surface area (Å²) in [5, 5.41) is 12.4. The van der Waals surface area contributed by atoms with Gasteiger partial charge in [0, 0.05) is 11.3 Å². The van der Waals surface area contributed by atoms with Gasteiger partial charge in [-0.2, -0.15) is 0 Å². The molecule has 0 aliphatic carbocycles. The molecular formula is C17H15N3OS2. The smallest absolute Gasteiger partial charge is 0.236 e. The third kappa shape index (κ3) is 4.91. The molecule has 0 fully saturated rings. The van der Waals surface area contributed by atoms with E-state index in [-0.39, 0.29) is 5.91 Å². The Kier molecular flexibility index (Phi) is 5.39. The van der Waals surface area contributed by atoms with Gasteiger partial charge in [0.15, 0.2) is 0 Å². The largest absolute Gasteiger partial charge is 0.300 e. The molecule has 0 aliphatic heterocycles. The number of hydrogen-bond acceptors (Lipinski definition) is 5. The molecule has 2 aromatic carbocycles. The Hall–Kier alpha value is -2.18. The average Bonchev–Trinajstić information content (AvgIpc) is 3.02. The summed E-state index contributed by atoms with van der Waals surface area (Å²) < 4.78 is 0. The molecule has 0 saturated carbocycles. The van der Waals surface area contributed by atoms with Crippen LogP contribution < -0.4 is 5.32 Å². The van der Waals surface area contributed by atoms with Gasteiger partial charge >= 0.3 is 0 Å². The molecule has 0 atom stereocenters. The lowest BCUT2D eigenvalue weighted by molar-refractivity contribution is -0.113. The Morgan fingerprint density at radius 1 is 1.00 bits per heavy atom. The van der Waals surface area contributed by atoms with Crippen LogP contribution in [0.25, 0.3) is 0 Å². The number of nitrogens with one attached hydrogen (secondary N) is 1. The fourth-order valence-corrected chi connectivity index (χ4v) is 3.48. The van der Waals surface area contributed by atoms with Crippen molar-refractivity contribution in [2.45, 2.75) is 11.3 Å². The minimum absolute atomic E-state index is 0.0683. The molecule has 4 nitrogen and oxygen atoms in total. The van der Waals surface area contributed by atoms with Crippen LogP contribution in [0.15, 0.2) is 65.6 Å². The molecule has 23 heavy (non-hydrogen) atoms. The van der Waals surface area contributed by atoms with Gasteiger partial charge in [0.2, 0.25) is 11.0 Å². The molecule has 0 radical (unpaired) electrons. The maximum atomic E-state index is 12.0. The van der Waals surface area contributed by atoms with Gasteiger partial charge in [-0.1, -0.05) is 59.9 Å². The molecule has 0 aliphatic rings. The summed E-state index contributed by atoms with van der Waals surface area (Å²) in [4.78, 5) is 13.0. The SMILES string of the molecule is O=C(CSc1ccccc1)Nc1nnc(Cc2ccccc2)s1. The maximum Gasteiger partial charge on any atom is 0.236 e. The minimum atomic E-state index is -0.0683. The predicted molar refractivity (Wildman–Crippen MR) is 95.0 cm³/mol. The highest BCUT2D eigenvalue weighted by molar-refractivity contribution is 8.00. The molecule has 1 heterocycles. The van der Waals surface area contributed by atoms with Gasteiger partial charge in [0.1, 0.15) is 5.01 Å². The molecule has 0 bridgehead atoms. The second kappa shape index (κ2) is 7.89. The van der Waals surface area contributed by atoms with E-state index in [1.807, 2.05) is 48.5 Å². The fraction of sp³-hybridized carbons (Fsp3) is 0.118. The van der Waals surface area contributed by atoms with Gasteiger partial charge < -0.3 is 0 Å². The number of aromatic nitrogens is 2. The van der Waals surface area contributed by atoms with Crippen molar-refractivity contribution in [2.24, 2.45) is 0 Å². The number of nitrogens with zero attached hydrogens (tertiary/aromatic N) is 2. The molecule has 0 spiro atoms. The molecule has 1 amide bonds. The van der Waals surface area contributed by atoms with Crippen LogP contribution in [0.3, 0.4) is 0 Å². The number of amides is 1. The number of benzene rings is 2. The lowest BCUT2D eigenvalue weighted by atomic mass is 10.2. The fourth-order valence-electron chi connectivity index (χ4n) is 1.97. The summed E-state index contributed by atoms with van der Waals surface area (Å²) in [6.45, 7) is 0. The first-order valence-corrected chi connectivity index (χ1v) is 8.94. The number of thioether (sulfide) groups is 1. The topological polar surface area (TPSA) is 54.9 Å². The van der Waals surface area contributed by atoms with Crippen molar-refractivity contribution >= 4 is 34.1 Å². The van der Waals surface area contributed by atoms with E-state index >= 15 is 0 Å². The third-order valence-electron chi connectivity index (χ3n) is 3.02. The Morgan fingerprint density at radius 2 is 1.70 bits per heavy atom. The van der Waals surface area contributed by atoms with Crippen LogP contribution in [0.5, 0.6) is 0 Å². The molecule has 1 aromatic heterocycles. The van der Waals surface area contributed by atoms with Crippen molar-refractivity contribution < 1.29 is 4.79 Å². The van der Waals surface area contributed by atoms with Gasteiger partial charge in [0.05, 0.1) is 5.75 Å². The Labute approximate surface area is 143 Å². The summed E-state index contributed by atoms with van der Waals surface area (Å²) in [6.07, 6.45) is 0.729. The summed E-state index contributed by atoms with van der Waals surface area (Å²) in [6, 6.07) is 19.9. The maximum absolute atomic E-state index is 12.0. The third-order valence-corrected chi connectivity index (χ3v) is 4.88. The van der Waals surface area contributed by atoms with Crippen LogP contribution in [-0.4, -0.2) is 21.9 Å². The molecular weight excluding hydrogens is 326 g/mol. The van der Waals surface area contributed by atoms with Crippen molar-refractivity contribution in [1.29, 1.82) is 0 Å². The van der Waals surface area contributed by atoms with Crippen LogP contribution in [0.2, 0.25) is 0 Å². The molecule has 0 unspecified atom stereocenters. The predicted octanol–water partition coefficient (Wildman–Crippen LogP) is 3.86. The van der Waals surface area contributed by atoms with E-state index in [9.17, 15) is 4.79 Å². The van der Waals surface area contributed by atoms with Crippen LogP contribution in [0.1, 0.15) is 10.6 Å². The molecule has 3 aromatic rings. The molecule has 3 rings (SSSR count). The zero-order chi connectivity index (χ0) is 15.9. The first-order valence-electron chi connectivity index (χ1n) is 7.13. The van der Waals surface area contributed by atoms with Crippen molar-refractivity contribution in [1.82, 2.24) is 10.2 Å². The van der Waals surface area contributed by atoms with E-state index in [0.29, 0.717) is 10.9 Å². The van der Waals surface area contributed by atoms with Gasteiger partial charge in [-0.25, -0.2) is 0 Å². The first-order chi connectivity index (χ1) is 11.3. The summed E-state index contributed by atoms with van der Waals surface area (Å²) in [7, 11) is 0. The Balaban J connectivity index is 1.51. The lowest BCUT2D eigenvalue weighted by Crippen LogP contribution is -2.13. The van der Waals surface area contributed by atoms with E-state index < -0.39 is 0 Å². The van der Waals surface area contributed by atoms with Crippen molar-refractivity contribution in [3.05, 3.63) is 71.2 Å². The second-order valence-corrected chi connectivity index (χ2v) is 6.92. The average molecular weight is 341 g/mol. The number of carbonyl (C=O) groups excluding carboxylic acids is 1. The summed E-state index contributed by atoms with van der Waals surface area (Å²) in [5.41, 5.74) is 1.18. The van der Waals surface area contributed by atoms with E-state index in [1.165, 1.54) is 28.7 Å².